The number of ether oxygens (including phenoxy) is 1. The fourth-order valence-corrected chi connectivity index (χ4v) is 5.77. The molecule has 0 amide bonds. The Morgan fingerprint density at radius 1 is 1.00 bits per heavy atom. The quantitative estimate of drug-likeness (QED) is 0.576. The van der Waals surface area contributed by atoms with Crippen molar-refractivity contribution in [3.05, 3.63) is 52.5 Å². The number of tetrazole rings is 1. The topological polar surface area (TPSA) is 59.3 Å². The highest BCUT2D eigenvalue weighted by Crippen LogP contribution is 2.35. The minimum absolute atomic E-state index is 0.120. The van der Waals surface area contributed by atoms with E-state index in [1.807, 2.05) is 12.1 Å². The normalized spacial score (nSPS) is 19.5. The Hall–Kier alpha value is -2.45. The van der Waals surface area contributed by atoms with Crippen molar-refractivity contribution in [3.8, 4) is 5.75 Å². The number of hydrogen-bond acceptors (Lipinski definition) is 7. The monoisotopic (exact) mass is 438 g/mol. The smallest absolute Gasteiger partial charge is 0.174 e. The molecule has 1 unspecified atom stereocenters. The largest absolute Gasteiger partial charge is 0.497 e. The van der Waals surface area contributed by atoms with Crippen molar-refractivity contribution in [1.29, 1.82) is 0 Å². The van der Waals surface area contributed by atoms with Gasteiger partial charge in [0.1, 0.15) is 11.8 Å². The van der Waals surface area contributed by atoms with E-state index >= 15 is 0 Å². The molecule has 7 nitrogen and oxygen atoms in total. The van der Waals surface area contributed by atoms with E-state index in [1.165, 1.54) is 42.7 Å². The maximum atomic E-state index is 5.30. The van der Waals surface area contributed by atoms with Crippen LogP contribution in [0.15, 0.2) is 41.8 Å². The number of hydrogen-bond donors (Lipinski definition) is 0. The van der Waals surface area contributed by atoms with Crippen LogP contribution in [0.4, 0.5) is 5.69 Å². The summed E-state index contributed by atoms with van der Waals surface area (Å²) in [6.45, 7) is 3.93. The van der Waals surface area contributed by atoms with Gasteiger partial charge in [0.05, 0.1) is 13.2 Å². The highest BCUT2D eigenvalue weighted by molar-refractivity contribution is 7.10. The molecule has 0 radical (unpaired) electrons. The second-order valence-corrected chi connectivity index (χ2v) is 9.39. The Balaban J connectivity index is 1.36. The van der Waals surface area contributed by atoms with E-state index in [0.29, 0.717) is 6.04 Å². The van der Waals surface area contributed by atoms with Gasteiger partial charge in [0, 0.05) is 36.7 Å². The van der Waals surface area contributed by atoms with Crippen LogP contribution in [0.25, 0.3) is 0 Å². The summed E-state index contributed by atoms with van der Waals surface area (Å²) in [5.41, 5.74) is 1.25. The minimum Gasteiger partial charge on any atom is -0.497 e. The first-order valence-electron chi connectivity index (χ1n) is 11.3. The maximum Gasteiger partial charge on any atom is 0.174 e. The molecule has 2 aromatic heterocycles. The minimum atomic E-state index is 0.120. The summed E-state index contributed by atoms with van der Waals surface area (Å²) in [6, 6.07) is 13.3. The molecule has 8 heteroatoms. The molecule has 0 spiro atoms. The molecule has 1 saturated carbocycles. The van der Waals surface area contributed by atoms with Gasteiger partial charge in [-0.2, -0.15) is 0 Å². The van der Waals surface area contributed by atoms with Crippen LogP contribution < -0.4 is 9.64 Å². The third-order valence-corrected chi connectivity index (χ3v) is 7.54. The molecule has 2 aliphatic rings. The van der Waals surface area contributed by atoms with Gasteiger partial charge in [-0.05, 0) is 59.0 Å². The lowest BCUT2D eigenvalue weighted by atomic mass is 9.95. The van der Waals surface area contributed by atoms with Gasteiger partial charge in [0.2, 0.25) is 0 Å². The van der Waals surface area contributed by atoms with Gasteiger partial charge in [0.25, 0.3) is 0 Å². The van der Waals surface area contributed by atoms with Gasteiger partial charge in [-0.15, -0.1) is 16.4 Å². The molecule has 164 valence electrons. The number of piperazine rings is 1. The molecule has 0 bridgehead atoms. The van der Waals surface area contributed by atoms with Crippen LogP contribution in [-0.2, 0) is 0 Å². The van der Waals surface area contributed by atoms with Crippen molar-refractivity contribution in [2.75, 3.05) is 38.2 Å². The van der Waals surface area contributed by atoms with E-state index in [2.05, 4.69) is 59.7 Å². The second-order valence-electron chi connectivity index (χ2n) is 8.41. The van der Waals surface area contributed by atoms with Crippen molar-refractivity contribution in [1.82, 2.24) is 25.1 Å². The Labute approximate surface area is 187 Å². The molecule has 31 heavy (non-hydrogen) atoms. The first kappa shape index (κ1) is 20.5. The molecular weight excluding hydrogens is 408 g/mol. The SMILES string of the molecule is COc1ccc(N2CCN(C(c3cccs3)c3nnnn3C3CCCCC3)CC2)cc1. The van der Waals surface area contributed by atoms with E-state index in [9.17, 15) is 0 Å². The highest BCUT2D eigenvalue weighted by Gasteiger charge is 2.33. The van der Waals surface area contributed by atoms with Crippen LogP contribution in [0.1, 0.15) is 54.9 Å². The van der Waals surface area contributed by atoms with Gasteiger partial charge >= 0.3 is 0 Å². The van der Waals surface area contributed by atoms with Gasteiger partial charge in [0.15, 0.2) is 5.82 Å². The molecule has 2 fully saturated rings. The van der Waals surface area contributed by atoms with Crippen molar-refractivity contribution in [2.45, 2.75) is 44.2 Å². The van der Waals surface area contributed by atoms with Crippen molar-refractivity contribution in [3.63, 3.8) is 0 Å². The molecule has 3 heterocycles. The van der Waals surface area contributed by atoms with Crippen LogP contribution >= 0.6 is 11.3 Å². The summed E-state index contributed by atoms with van der Waals surface area (Å²) >= 11 is 1.80. The number of nitrogens with zero attached hydrogens (tertiary/aromatic N) is 6. The van der Waals surface area contributed by atoms with Crippen molar-refractivity contribution < 1.29 is 4.74 Å². The van der Waals surface area contributed by atoms with Gasteiger partial charge < -0.3 is 9.64 Å². The van der Waals surface area contributed by atoms with E-state index in [0.717, 1.165) is 37.8 Å². The number of aromatic nitrogens is 4. The lowest BCUT2D eigenvalue weighted by Crippen LogP contribution is -2.48. The number of benzene rings is 1. The molecule has 1 saturated heterocycles. The number of rotatable bonds is 6. The Morgan fingerprint density at radius 2 is 1.77 bits per heavy atom. The first-order chi connectivity index (χ1) is 15.3. The summed E-state index contributed by atoms with van der Waals surface area (Å²) in [5.74, 6) is 1.90. The summed E-state index contributed by atoms with van der Waals surface area (Å²) in [7, 11) is 1.71. The first-order valence-corrected chi connectivity index (χ1v) is 12.2. The van der Waals surface area contributed by atoms with Crippen molar-refractivity contribution in [2.24, 2.45) is 0 Å². The van der Waals surface area contributed by atoms with Gasteiger partial charge in [-0.3, -0.25) is 4.90 Å². The zero-order valence-corrected chi connectivity index (χ0v) is 18.9. The molecule has 5 rings (SSSR count). The van der Waals surface area contributed by atoms with Crippen LogP contribution in [0, 0.1) is 0 Å². The van der Waals surface area contributed by atoms with Crippen LogP contribution in [0.2, 0.25) is 0 Å². The summed E-state index contributed by atoms with van der Waals surface area (Å²) in [4.78, 5) is 6.33. The number of thiophene rings is 1. The summed E-state index contributed by atoms with van der Waals surface area (Å²) in [5, 5.41) is 15.3. The lowest BCUT2D eigenvalue weighted by Gasteiger charge is -2.39. The third kappa shape index (κ3) is 4.32. The molecule has 0 N–H and O–H groups in total. The third-order valence-electron chi connectivity index (χ3n) is 6.61. The fraction of sp³-hybridized carbons (Fsp3) is 0.522. The maximum absolute atomic E-state index is 5.30. The molecule has 1 aromatic carbocycles. The molecule has 3 aromatic rings. The fourth-order valence-electron chi connectivity index (χ4n) is 4.91. The number of anilines is 1. The van der Waals surface area contributed by atoms with Crippen molar-refractivity contribution >= 4 is 17.0 Å². The Bertz CT molecular complexity index is 943. The zero-order valence-electron chi connectivity index (χ0n) is 18.1. The van der Waals surface area contributed by atoms with Gasteiger partial charge in [-0.1, -0.05) is 25.3 Å². The molecular formula is C23H30N6OS. The summed E-state index contributed by atoms with van der Waals surface area (Å²) < 4.78 is 7.44. The Morgan fingerprint density at radius 3 is 2.45 bits per heavy atom. The van der Waals surface area contributed by atoms with E-state index in [4.69, 9.17) is 4.74 Å². The van der Waals surface area contributed by atoms with E-state index in [1.54, 1.807) is 18.4 Å². The summed E-state index contributed by atoms with van der Waals surface area (Å²) in [6.07, 6.45) is 6.23. The molecule has 1 aliphatic carbocycles. The number of methoxy groups -OCH3 is 1. The standard InChI is InChI=1S/C23H30N6OS/c1-30-20-11-9-18(10-12-20)27-13-15-28(16-14-27)22(21-8-5-17-31-21)23-24-25-26-29(23)19-6-3-2-4-7-19/h5,8-12,17,19,22H,2-4,6-7,13-16H2,1H3. The van der Waals surface area contributed by atoms with Gasteiger partial charge in [-0.25, -0.2) is 4.68 Å². The second kappa shape index (κ2) is 9.36. The van der Waals surface area contributed by atoms with Crippen LogP contribution in [0.3, 0.4) is 0 Å². The zero-order chi connectivity index (χ0) is 21.0. The van der Waals surface area contributed by atoms with E-state index in [-0.39, 0.29) is 6.04 Å². The molecule has 1 atom stereocenters. The average molecular weight is 439 g/mol. The highest BCUT2D eigenvalue weighted by atomic mass is 32.1. The Kier molecular flexibility index (Phi) is 6.18. The van der Waals surface area contributed by atoms with Crippen LogP contribution in [-0.4, -0.2) is 58.4 Å². The predicted octanol–water partition coefficient (Wildman–Crippen LogP) is 4.16. The van der Waals surface area contributed by atoms with Crippen LogP contribution in [0.5, 0.6) is 5.75 Å². The molecule has 1 aliphatic heterocycles. The lowest BCUT2D eigenvalue weighted by molar-refractivity contribution is 0.196. The van der Waals surface area contributed by atoms with E-state index < -0.39 is 0 Å². The predicted molar refractivity (Wildman–Crippen MR) is 123 cm³/mol. The average Bonchev–Trinajstić information content (AvgIpc) is 3.54.